The summed E-state index contributed by atoms with van der Waals surface area (Å²) in [4.78, 5) is 96.7. The van der Waals surface area contributed by atoms with Crippen molar-refractivity contribution in [3.8, 4) is 5.75 Å². The summed E-state index contributed by atoms with van der Waals surface area (Å²) in [5.74, 6) is -2.54. The lowest BCUT2D eigenvalue weighted by atomic mass is 10.0. The molecule has 1 aliphatic heterocycles. The molecular weight excluding hydrogens is 714 g/mol. The molecule has 20 heteroatoms. The second kappa shape index (κ2) is 21.1. The molecule has 0 saturated heterocycles. The van der Waals surface area contributed by atoms with Gasteiger partial charge in [0.15, 0.2) is 0 Å². The average Bonchev–Trinajstić information content (AvgIpc) is 3.45. The standard InChI is InChI=1S/C34H41N7O13/c1-21(2)29(39-33(47)52-19-18-51-17-16-40-27(42)13-14-28(40)43)31(45)38-26(4-3-15-36-32(35)46)30(44)37-23-7-5-22(6-8-23)20-53-34(48)54-25-11-9-24(10-12-25)41(49)50/h5-14,21,26,29H,3-4,15-20H2,1-2H3,(H,37,44)(H,38,45)(H,39,47)(H3,35,36,46)/t26-,29?/m0/s1. The molecule has 0 radical (unpaired) electrons. The number of urea groups is 1. The van der Waals surface area contributed by atoms with Gasteiger partial charge in [0.25, 0.3) is 17.5 Å². The average molecular weight is 756 g/mol. The van der Waals surface area contributed by atoms with Crippen molar-refractivity contribution in [2.75, 3.05) is 38.2 Å². The second-order valence-corrected chi connectivity index (χ2v) is 11.8. The van der Waals surface area contributed by atoms with E-state index in [1.165, 1.54) is 36.4 Å². The van der Waals surface area contributed by atoms with Crippen LogP contribution in [0.4, 0.5) is 25.8 Å². The lowest BCUT2D eigenvalue weighted by molar-refractivity contribution is -0.384. The van der Waals surface area contributed by atoms with E-state index in [4.69, 9.17) is 24.7 Å². The van der Waals surface area contributed by atoms with Crippen molar-refractivity contribution in [2.24, 2.45) is 11.7 Å². The summed E-state index contributed by atoms with van der Waals surface area (Å²) in [6, 6.07) is 8.09. The first-order valence-corrected chi connectivity index (χ1v) is 16.6. The molecule has 0 spiro atoms. The van der Waals surface area contributed by atoms with E-state index in [0.29, 0.717) is 11.3 Å². The Morgan fingerprint density at radius 2 is 1.54 bits per heavy atom. The summed E-state index contributed by atoms with van der Waals surface area (Å²) in [7, 11) is 0. The summed E-state index contributed by atoms with van der Waals surface area (Å²) < 4.78 is 20.5. The predicted molar refractivity (Wildman–Crippen MR) is 188 cm³/mol. The highest BCUT2D eigenvalue weighted by Gasteiger charge is 2.29. The zero-order chi connectivity index (χ0) is 39.6. The van der Waals surface area contributed by atoms with Crippen molar-refractivity contribution in [3.05, 3.63) is 76.4 Å². The Labute approximate surface area is 308 Å². The molecule has 1 aliphatic rings. The summed E-state index contributed by atoms with van der Waals surface area (Å²) in [5.41, 5.74) is 5.83. The first-order chi connectivity index (χ1) is 25.7. The molecule has 0 fully saturated rings. The molecule has 3 rings (SSSR count). The van der Waals surface area contributed by atoms with Crippen molar-refractivity contribution < 1.29 is 57.4 Å². The number of primary amides is 1. The number of carbonyl (C=O) groups is 7. The molecule has 2 aromatic carbocycles. The largest absolute Gasteiger partial charge is 0.514 e. The monoisotopic (exact) mass is 755 g/mol. The molecule has 2 atom stereocenters. The Balaban J connectivity index is 1.50. The molecule has 0 aliphatic carbocycles. The van der Waals surface area contributed by atoms with Crippen LogP contribution in [-0.4, -0.2) is 96.7 Å². The van der Waals surface area contributed by atoms with Gasteiger partial charge in [-0.15, -0.1) is 0 Å². The third-order valence-electron chi connectivity index (χ3n) is 7.47. The fourth-order valence-corrected chi connectivity index (χ4v) is 4.67. The third-order valence-corrected chi connectivity index (χ3v) is 7.47. The molecular formula is C34H41N7O13. The Morgan fingerprint density at radius 1 is 0.870 bits per heavy atom. The van der Waals surface area contributed by atoms with Crippen molar-refractivity contribution in [2.45, 2.75) is 45.4 Å². The third kappa shape index (κ3) is 14.2. The van der Waals surface area contributed by atoms with Gasteiger partial charge < -0.3 is 45.9 Å². The van der Waals surface area contributed by atoms with E-state index in [2.05, 4.69) is 21.3 Å². The van der Waals surface area contributed by atoms with Gasteiger partial charge in [-0.05, 0) is 48.6 Å². The molecule has 2 aromatic rings. The van der Waals surface area contributed by atoms with Gasteiger partial charge in [0.2, 0.25) is 11.8 Å². The minimum atomic E-state index is -1.11. The van der Waals surface area contributed by atoms with Crippen LogP contribution >= 0.6 is 0 Å². The highest BCUT2D eigenvalue weighted by atomic mass is 16.7. The quantitative estimate of drug-likeness (QED) is 0.0323. The van der Waals surface area contributed by atoms with E-state index in [0.717, 1.165) is 17.1 Å². The SMILES string of the molecule is CC(C)C(NC(=O)OCCOCCN1C(=O)C=CC1=O)C(=O)N[C@@H](CCCNC(N)=O)C(=O)Nc1ccc(COC(=O)Oc2ccc([N+](=O)[O-])cc2)cc1. The highest BCUT2D eigenvalue weighted by molar-refractivity contribution is 6.12. The van der Waals surface area contributed by atoms with Crippen molar-refractivity contribution in [1.82, 2.24) is 20.9 Å². The Kier molecular flexibility index (Phi) is 16.3. The van der Waals surface area contributed by atoms with E-state index in [9.17, 15) is 43.7 Å². The van der Waals surface area contributed by atoms with E-state index < -0.39 is 64.8 Å². The van der Waals surface area contributed by atoms with Crippen LogP contribution in [0.5, 0.6) is 5.75 Å². The van der Waals surface area contributed by atoms with Gasteiger partial charge in [0.05, 0.1) is 24.7 Å². The van der Waals surface area contributed by atoms with Gasteiger partial charge in [-0.1, -0.05) is 26.0 Å². The zero-order valence-electron chi connectivity index (χ0n) is 29.4. The molecule has 1 unspecified atom stereocenters. The molecule has 0 aromatic heterocycles. The van der Waals surface area contributed by atoms with Gasteiger partial charge in [0.1, 0.15) is 31.0 Å². The minimum absolute atomic E-state index is 0.0301. The van der Waals surface area contributed by atoms with Crippen molar-refractivity contribution in [3.63, 3.8) is 0 Å². The number of hydrogen-bond acceptors (Lipinski definition) is 13. The summed E-state index contributed by atoms with van der Waals surface area (Å²) in [6.45, 7) is 3.13. The van der Waals surface area contributed by atoms with Crippen LogP contribution in [0.15, 0.2) is 60.7 Å². The number of hydrogen-bond donors (Lipinski definition) is 5. The molecule has 1 heterocycles. The number of anilines is 1. The summed E-state index contributed by atoms with van der Waals surface area (Å²) >= 11 is 0. The Hall–Kier alpha value is -6.57. The Morgan fingerprint density at radius 3 is 2.15 bits per heavy atom. The molecule has 20 nitrogen and oxygen atoms in total. The van der Waals surface area contributed by atoms with Gasteiger partial charge in [-0.3, -0.25) is 34.2 Å². The van der Waals surface area contributed by atoms with Gasteiger partial charge >= 0.3 is 18.3 Å². The zero-order valence-corrected chi connectivity index (χ0v) is 29.4. The molecule has 6 N–H and O–H groups in total. The van der Waals surface area contributed by atoms with Crippen LogP contribution in [0.1, 0.15) is 32.3 Å². The number of nitrogens with one attached hydrogen (secondary N) is 4. The van der Waals surface area contributed by atoms with Crippen LogP contribution in [-0.2, 0) is 40.0 Å². The van der Waals surface area contributed by atoms with E-state index >= 15 is 0 Å². The van der Waals surface area contributed by atoms with Gasteiger partial charge in [0, 0.05) is 36.5 Å². The van der Waals surface area contributed by atoms with Crippen molar-refractivity contribution in [1.29, 1.82) is 0 Å². The number of carbonyl (C=O) groups excluding carboxylic acids is 7. The number of ether oxygens (including phenoxy) is 4. The molecule has 54 heavy (non-hydrogen) atoms. The number of nitro groups is 1. The summed E-state index contributed by atoms with van der Waals surface area (Å²) in [6.07, 6.45) is 0.691. The molecule has 0 saturated carbocycles. The number of nitrogens with two attached hydrogens (primary N) is 1. The van der Waals surface area contributed by atoms with Gasteiger partial charge in [-0.25, -0.2) is 14.4 Å². The second-order valence-electron chi connectivity index (χ2n) is 11.8. The van der Waals surface area contributed by atoms with Crippen LogP contribution in [0.25, 0.3) is 0 Å². The summed E-state index contributed by atoms with van der Waals surface area (Å²) in [5, 5.41) is 21.0. The lowest BCUT2D eigenvalue weighted by Gasteiger charge is -2.25. The van der Waals surface area contributed by atoms with Crippen LogP contribution in [0, 0.1) is 16.0 Å². The highest BCUT2D eigenvalue weighted by Crippen LogP contribution is 2.18. The first-order valence-electron chi connectivity index (χ1n) is 16.6. The number of imide groups is 1. The topological polar surface area (TPSA) is 277 Å². The Bertz CT molecular complexity index is 1680. The maximum absolute atomic E-state index is 13.3. The fraction of sp³-hybridized carbons (Fsp3) is 0.382. The van der Waals surface area contributed by atoms with E-state index in [-0.39, 0.29) is 63.8 Å². The number of benzene rings is 2. The van der Waals surface area contributed by atoms with Crippen molar-refractivity contribution >= 4 is 53.3 Å². The first kappa shape index (κ1) is 41.8. The number of nitrogens with zero attached hydrogens (tertiary/aromatic N) is 2. The molecule has 290 valence electrons. The number of rotatable bonds is 20. The predicted octanol–water partition coefficient (Wildman–Crippen LogP) is 1.87. The minimum Gasteiger partial charge on any atom is -0.447 e. The lowest BCUT2D eigenvalue weighted by Crippen LogP contribution is -2.54. The smallest absolute Gasteiger partial charge is 0.447 e. The number of nitro benzene ring substituents is 1. The van der Waals surface area contributed by atoms with E-state index in [1.807, 2.05) is 0 Å². The van der Waals surface area contributed by atoms with Crippen LogP contribution in [0.3, 0.4) is 0 Å². The van der Waals surface area contributed by atoms with Crippen LogP contribution < -0.4 is 31.7 Å². The number of alkyl carbamates (subject to hydrolysis) is 1. The van der Waals surface area contributed by atoms with Gasteiger partial charge in [-0.2, -0.15) is 0 Å². The number of non-ortho nitro benzene ring substituents is 1. The molecule has 0 bridgehead atoms. The van der Waals surface area contributed by atoms with E-state index in [1.54, 1.807) is 26.0 Å². The maximum Gasteiger partial charge on any atom is 0.514 e. The normalized spacial score (nSPS) is 13.1. The molecule has 7 amide bonds. The maximum atomic E-state index is 13.3. The fourth-order valence-electron chi connectivity index (χ4n) is 4.67. The number of amides is 7. The van der Waals surface area contributed by atoms with Crippen LogP contribution in [0.2, 0.25) is 0 Å².